The number of piperazine rings is 1. The Morgan fingerprint density at radius 1 is 1.04 bits per heavy atom. The molecule has 2 aliphatic rings. The molecule has 6 heteroatoms. The van der Waals surface area contributed by atoms with Gasteiger partial charge in [0.15, 0.2) is 11.5 Å². The van der Waals surface area contributed by atoms with E-state index in [0.29, 0.717) is 19.6 Å². The molecule has 150 valence electrons. The van der Waals surface area contributed by atoms with Gasteiger partial charge in [-0.3, -0.25) is 4.90 Å². The lowest BCUT2D eigenvalue weighted by Crippen LogP contribution is -2.51. The van der Waals surface area contributed by atoms with Crippen LogP contribution < -0.4 is 14.4 Å². The second-order valence-electron chi connectivity index (χ2n) is 8.42. The average molecular weight is 383 g/mol. The molecular weight excluding hydrogens is 354 g/mol. The van der Waals surface area contributed by atoms with Gasteiger partial charge in [0, 0.05) is 44.2 Å². The summed E-state index contributed by atoms with van der Waals surface area (Å²) in [5, 5.41) is 10.7. The van der Waals surface area contributed by atoms with Gasteiger partial charge in [0.25, 0.3) is 0 Å². The number of benzene rings is 1. The molecule has 1 fully saturated rings. The van der Waals surface area contributed by atoms with Crippen molar-refractivity contribution in [1.82, 2.24) is 9.88 Å². The van der Waals surface area contributed by atoms with Crippen molar-refractivity contribution in [3.8, 4) is 11.5 Å². The molecule has 2 aliphatic heterocycles. The molecule has 0 amide bonds. The van der Waals surface area contributed by atoms with Gasteiger partial charge >= 0.3 is 0 Å². The molecule has 0 aliphatic carbocycles. The van der Waals surface area contributed by atoms with Crippen molar-refractivity contribution in [1.29, 1.82) is 0 Å². The van der Waals surface area contributed by atoms with Crippen molar-refractivity contribution in [2.45, 2.75) is 26.5 Å². The summed E-state index contributed by atoms with van der Waals surface area (Å²) < 4.78 is 11.8. The smallest absolute Gasteiger partial charge is 0.161 e. The number of pyridine rings is 1. The molecule has 0 radical (unpaired) electrons. The Balaban J connectivity index is 1.35. The second-order valence-corrected chi connectivity index (χ2v) is 8.42. The summed E-state index contributed by atoms with van der Waals surface area (Å²) in [4.78, 5) is 8.81. The molecule has 1 N–H and O–H groups in total. The lowest BCUT2D eigenvalue weighted by atomic mass is 9.97. The zero-order valence-corrected chi connectivity index (χ0v) is 16.7. The number of aromatic nitrogens is 1. The van der Waals surface area contributed by atoms with Gasteiger partial charge in [-0.2, -0.15) is 0 Å². The van der Waals surface area contributed by atoms with Crippen molar-refractivity contribution in [2.24, 2.45) is 5.41 Å². The molecular formula is C22H29N3O3. The van der Waals surface area contributed by atoms with E-state index in [2.05, 4.69) is 28.6 Å². The predicted molar refractivity (Wildman–Crippen MR) is 109 cm³/mol. The number of hydrogen-bond donors (Lipinski definition) is 1. The van der Waals surface area contributed by atoms with Gasteiger partial charge in [-0.25, -0.2) is 4.98 Å². The molecule has 4 rings (SSSR count). The van der Waals surface area contributed by atoms with Gasteiger partial charge in [-0.05, 0) is 29.8 Å². The predicted octanol–water partition coefficient (Wildman–Crippen LogP) is 2.56. The standard InChI is InChI=1S/C22H29N3O3/c1-22(2)15-27-18-7-6-17(13-19(18)28-16-22)14-21(26)25-11-9-24(10-12-25)20-5-3-4-8-23-20/h3-8,13,21,26H,9-12,14-16H2,1-2H3. The van der Waals surface area contributed by atoms with Crippen LogP contribution in [0.2, 0.25) is 0 Å². The summed E-state index contributed by atoms with van der Waals surface area (Å²) in [6, 6.07) is 12.0. The second kappa shape index (κ2) is 7.97. The number of nitrogens with zero attached hydrogens (tertiary/aromatic N) is 3. The fourth-order valence-electron chi connectivity index (χ4n) is 3.63. The largest absolute Gasteiger partial charge is 0.489 e. The van der Waals surface area contributed by atoms with E-state index in [4.69, 9.17) is 9.47 Å². The Morgan fingerprint density at radius 3 is 2.50 bits per heavy atom. The number of ether oxygens (including phenoxy) is 2. The van der Waals surface area contributed by atoms with Crippen LogP contribution in [0.3, 0.4) is 0 Å². The number of anilines is 1. The fraction of sp³-hybridized carbons (Fsp3) is 0.500. The van der Waals surface area contributed by atoms with Crippen molar-refractivity contribution < 1.29 is 14.6 Å². The van der Waals surface area contributed by atoms with E-state index in [1.54, 1.807) is 0 Å². The van der Waals surface area contributed by atoms with Crippen LogP contribution in [0.25, 0.3) is 0 Å². The molecule has 1 atom stereocenters. The Morgan fingerprint density at radius 2 is 1.79 bits per heavy atom. The molecule has 1 unspecified atom stereocenters. The first kappa shape index (κ1) is 19.0. The highest BCUT2D eigenvalue weighted by atomic mass is 16.5. The molecule has 28 heavy (non-hydrogen) atoms. The Bertz CT molecular complexity index is 789. The van der Waals surface area contributed by atoms with Crippen molar-refractivity contribution in [2.75, 3.05) is 44.3 Å². The summed E-state index contributed by atoms with van der Waals surface area (Å²) >= 11 is 0. The first-order chi connectivity index (χ1) is 13.5. The first-order valence-corrected chi connectivity index (χ1v) is 9.97. The zero-order chi connectivity index (χ0) is 19.6. The molecule has 0 spiro atoms. The maximum Gasteiger partial charge on any atom is 0.161 e. The van der Waals surface area contributed by atoms with Gasteiger partial charge in [0.2, 0.25) is 0 Å². The van der Waals surface area contributed by atoms with Gasteiger partial charge in [0.1, 0.15) is 12.0 Å². The van der Waals surface area contributed by atoms with Gasteiger partial charge in [-0.15, -0.1) is 0 Å². The number of aliphatic hydroxyl groups is 1. The lowest BCUT2D eigenvalue weighted by Gasteiger charge is -2.37. The van der Waals surface area contributed by atoms with Crippen LogP contribution in [0.1, 0.15) is 19.4 Å². The lowest BCUT2D eigenvalue weighted by molar-refractivity contribution is 0.000994. The fourth-order valence-corrected chi connectivity index (χ4v) is 3.63. The number of aliphatic hydroxyl groups excluding tert-OH is 1. The Hall–Kier alpha value is -2.31. The van der Waals surface area contributed by atoms with Gasteiger partial charge < -0.3 is 19.5 Å². The summed E-state index contributed by atoms with van der Waals surface area (Å²) in [6.07, 6.45) is 1.89. The average Bonchev–Trinajstić information content (AvgIpc) is 2.87. The normalized spacial score (nSPS) is 20.5. The Kier molecular flexibility index (Phi) is 5.42. The number of fused-ring (bicyclic) bond motifs is 1. The van der Waals surface area contributed by atoms with Crippen LogP contribution in [0, 0.1) is 5.41 Å². The van der Waals surface area contributed by atoms with E-state index in [1.807, 2.05) is 42.6 Å². The van der Waals surface area contributed by atoms with Crippen LogP contribution in [0.15, 0.2) is 42.6 Å². The quantitative estimate of drug-likeness (QED) is 0.876. The van der Waals surface area contributed by atoms with E-state index in [-0.39, 0.29) is 5.41 Å². The third kappa shape index (κ3) is 4.39. The van der Waals surface area contributed by atoms with Crippen LogP contribution >= 0.6 is 0 Å². The van der Waals surface area contributed by atoms with E-state index < -0.39 is 6.23 Å². The first-order valence-electron chi connectivity index (χ1n) is 9.97. The molecule has 0 saturated carbocycles. The highest BCUT2D eigenvalue weighted by Crippen LogP contribution is 2.34. The maximum absolute atomic E-state index is 10.7. The van der Waals surface area contributed by atoms with Crippen LogP contribution in [0.5, 0.6) is 11.5 Å². The number of hydrogen-bond acceptors (Lipinski definition) is 6. The molecule has 0 bridgehead atoms. The number of rotatable bonds is 4. The van der Waals surface area contributed by atoms with Crippen molar-refractivity contribution >= 4 is 5.82 Å². The molecule has 1 saturated heterocycles. The SMILES string of the molecule is CC1(C)COc2ccc(CC(O)N3CCN(c4ccccn4)CC3)cc2OC1. The molecule has 2 aromatic rings. The summed E-state index contributed by atoms with van der Waals surface area (Å²) in [6.45, 7) is 8.90. The summed E-state index contributed by atoms with van der Waals surface area (Å²) in [5.74, 6) is 2.56. The van der Waals surface area contributed by atoms with Gasteiger partial charge in [-0.1, -0.05) is 26.0 Å². The highest BCUT2D eigenvalue weighted by molar-refractivity contribution is 5.44. The van der Waals surface area contributed by atoms with Crippen LogP contribution in [-0.4, -0.2) is 60.6 Å². The van der Waals surface area contributed by atoms with Crippen LogP contribution in [0.4, 0.5) is 5.82 Å². The van der Waals surface area contributed by atoms with Crippen LogP contribution in [-0.2, 0) is 6.42 Å². The monoisotopic (exact) mass is 383 g/mol. The molecule has 6 nitrogen and oxygen atoms in total. The van der Waals surface area contributed by atoms with E-state index >= 15 is 0 Å². The summed E-state index contributed by atoms with van der Waals surface area (Å²) in [7, 11) is 0. The third-order valence-corrected chi connectivity index (χ3v) is 5.37. The van der Waals surface area contributed by atoms with Gasteiger partial charge in [0.05, 0.1) is 13.2 Å². The van der Waals surface area contributed by atoms with Crippen molar-refractivity contribution in [3.05, 3.63) is 48.2 Å². The maximum atomic E-state index is 10.7. The summed E-state index contributed by atoms with van der Waals surface area (Å²) in [5.41, 5.74) is 1.05. The minimum Gasteiger partial charge on any atom is -0.489 e. The van der Waals surface area contributed by atoms with Crippen molar-refractivity contribution in [3.63, 3.8) is 0 Å². The molecule has 1 aromatic heterocycles. The zero-order valence-electron chi connectivity index (χ0n) is 16.7. The topological polar surface area (TPSA) is 58.1 Å². The van der Waals surface area contributed by atoms with E-state index in [1.165, 1.54) is 0 Å². The van der Waals surface area contributed by atoms with E-state index in [9.17, 15) is 5.11 Å². The highest BCUT2D eigenvalue weighted by Gasteiger charge is 2.26. The van der Waals surface area contributed by atoms with E-state index in [0.717, 1.165) is 49.1 Å². The molecule has 3 heterocycles. The third-order valence-electron chi connectivity index (χ3n) is 5.37. The Labute approximate surface area is 166 Å². The minimum atomic E-state index is -0.507. The molecule has 1 aromatic carbocycles. The minimum absolute atomic E-state index is 0.00795.